The molecule has 1 unspecified atom stereocenters. The van der Waals surface area contributed by atoms with Gasteiger partial charge in [0.15, 0.2) is 0 Å². The molecular weight excluding hydrogens is 232 g/mol. The predicted octanol–water partition coefficient (Wildman–Crippen LogP) is 5.94. The highest BCUT2D eigenvalue weighted by atomic mass is 28.3. The lowest BCUT2D eigenvalue weighted by atomic mass is 9.88. The first-order valence-corrected chi connectivity index (χ1v) is 10.8. The molecule has 0 aliphatic heterocycles. The average molecular weight is 263 g/mol. The monoisotopic (exact) mass is 262 g/mol. The molecule has 0 aromatic heterocycles. The first kappa shape index (κ1) is 14.1. The summed E-state index contributed by atoms with van der Waals surface area (Å²) >= 11 is 0. The second-order valence-electron chi connectivity index (χ2n) is 8.04. The number of allylic oxidation sites excluding steroid dienone is 4. The highest BCUT2D eigenvalue weighted by molar-refractivity contribution is 6.80. The summed E-state index contributed by atoms with van der Waals surface area (Å²) in [5, 5.41) is 0.519. The maximum absolute atomic E-state index is 2.58. The summed E-state index contributed by atoms with van der Waals surface area (Å²) in [6.07, 6.45) is 8.08. The topological polar surface area (TPSA) is 0 Å². The summed E-state index contributed by atoms with van der Waals surface area (Å²) < 4.78 is 0. The Hall–Kier alpha value is -0.303. The lowest BCUT2D eigenvalue weighted by Gasteiger charge is -2.40. The van der Waals surface area contributed by atoms with Crippen molar-refractivity contribution >= 4 is 8.07 Å². The van der Waals surface area contributed by atoms with E-state index in [0.717, 1.165) is 5.92 Å². The minimum atomic E-state index is -1.16. The lowest BCUT2D eigenvalue weighted by Crippen LogP contribution is -2.39. The standard InChI is InChI=1S/C17H30Si/c1-13-11-14-9-7-8-10-15(14)16(13)12-18(5,6)17(2,3)4/h11,16H,7-10,12H2,1-6H3. The van der Waals surface area contributed by atoms with Crippen molar-refractivity contribution in [3.05, 3.63) is 22.8 Å². The first-order chi connectivity index (χ1) is 8.22. The van der Waals surface area contributed by atoms with Crippen LogP contribution in [0, 0.1) is 5.92 Å². The quantitative estimate of drug-likeness (QED) is 0.540. The first-order valence-electron chi connectivity index (χ1n) is 7.62. The van der Waals surface area contributed by atoms with Gasteiger partial charge in [0, 0.05) is 0 Å². The molecule has 0 radical (unpaired) electrons. The van der Waals surface area contributed by atoms with Crippen molar-refractivity contribution in [2.45, 2.75) is 77.6 Å². The molecule has 2 aliphatic carbocycles. The summed E-state index contributed by atoms with van der Waals surface area (Å²) in [5.41, 5.74) is 5.19. The van der Waals surface area contributed by atoms with Crippen LogP contribution in [0.1, 0.15) is 53.4 Å². The van der Waals surface area contributed by atoms with Gasteiger partial charge >= 0.3 is 0 Å². The molecule has 1 heteroatoms. The van der Waals surface area contributed by atoms with Gasteiger partial charge in [0.25, 0.3) is 0 Å². The van der Waals surface area contributed by atoms with E-state index in [4.69, 9.17) is 0 Å². The zero-order chi connectivity index (χ0) is 13.6. The Bertz CT molecular complexity index is 390. The molecule has 0 fully saturated rings. The Morgan fingerprint density at radius 3 is 2.39 bits per heavy atom. The Labute approximate surface area is 115 Å². The van der Waals surface area contributed by atoms with Crippen LogP contribution >= 0.6 is 0 Å². The molecule has 0 aromatic rings. The molecule has 1 atom stereocenters. The van der Waals surface area contributed by atoms with Gasteiger partial charge in [-0.2, -0.15) is 0 Å². The van der Waals surface area contributed by atoms with Crippen molar-refractivity contribution in [2.24, 2.45) is 5.92 Å². The molecular formula is C17H30Si. The number of rotatable bonds is 2. The van der Waals surface area contributed by atoms with Crippen LogP contribution < -0.4 is 0 Å². The zero-order valence-corrected chi connectivity index (χ0v) is 14.2. The third-order valence-electron chi connectivity index (χ3n) is 5.67. The molecule has 2 aliphatic rings. The van der Waals surface area contributed by atoms with E-state index in [0.29, 0.717) is 5.04 Å². The predicted molar refractivity (Wildman–Crippen MR) is 84.7 cm³/mol. The zero-order valence-electron chi connectivity index (χ0n) is 13.2. The maximum atomic E-state index is 2.58. The fourth-order valence-electron chi connectivity index (χ4n) is 3.27. The smallest absolute Gasteiger partial charge is 0.0536 e. The summed E-state index contributed by atoms with van der Waals surface area (Å²) in [4.78, 5) is 0. The second kappa shape index (κ2) is 4.66. The van der Waals surface area contributed by atoms with Crippen LogP contribution in [-0.2, 0) is 0 Å². The van der Waals surface area contributed by atoms with Gasteiger partial charge in [-0.25, -0.2) is 0 Å². The van der Waals surface area contributed by atoms with Crippen molar-refractivity contribution < 1.29 is 0 Å². The van der Waals surface area contributed by atoms with Crippen molar-refractivity contribution in [3.8, 4) is 0 Å². The minimum absolute atomic E-state index is 0.519. The molecule has 0 saturated carbocycles. The number of hydrogen-bond donors (Lipinski definition) is 0. The fourth-order valence-corrected chi connectivity index (χ4v) is 5.47. The lowest BCUT2D eigenvalue weighted by molar-refractivity contribution is 0.621. The number of hydrogen-bond acceptors (Lipinski definition) is 0. The molecule has 0 bridgehead atoms. The molecule has 0 saturated heterocycles. The SMILES string of the molecule is CC1=CC2=C(CCCC2)C1C[Si](C)(C)C(C)(C)C. The Balaban J connectivity index is 2.20. The van der Waals surface area contributed by atoms with Crippen molar-refractivity contribution in [2.75, 3.05) is 0 Å². The van der Waals surface area contributed by atoms with E-state index >= 15 is 0 Å². The van der Waals surface area contributed by atoms with E-state index in [-0.39, 0.29) is 0 Å². The Morgan fingerprint density at radius 2 is 1.78 bits per heavy atom. The van der Waals surface area contributed by atoms with Crippen molar-refractivity contribution in [3.63, 3.8) is 0 Å². The Morgan fingerprint density at radius 1 is 1.17 bits per heavy atom. The van der Waals surface area contributed by atoms with E-state index in [9.17, 15) is 0 Å². The van der Waals surface area contributed by atoms with Crippen molar-refractivity contribution in [1.82, 2.24) is 0 Å². The molecule has 0 amide bonds. The maximum Gasteiger partial charge on any atom is 0.0536 e. The van der Waals surface area contributed by atoms with Crippen LogP contribution in [-0.4, -0.2) is 8.07 Å². The third kappa shape index (κ3) is 2.52. The summed E-state index contributed by atoms with van der Waals surface area (Å²) in [5.74, 6) is 0.807. The fraction of sp³-hybridized carbons (Fsp3) is 0.765. The Kier molecular flexibility index (Phi) is 3.66. The van der Waals surface area contributed by atoms with Gasteiger partial charge in [-0.3, -0.25) is 0 Å². The molecule has 2 rings (SSSR count). The summed E-state index contributed by atoms with van der Waals surface area (Å²) in [6, 6.07) is 1.46. The van der Waals surface area contributed by atoms with Gasteiger partial charge in [0.2, 0.25) is 0 Å². The van der Waals surface area contributed by atoms with E-state index < -0.39 is 8.07 Å². The summed E-state index contributed by atoms with van der Waals surface area (Å²) in [6.45, 7) is 14.9. The van der Waals surface area contributed by atoms with Crippen LogP contribution in [0.5, 0.6) is 0 Å². The van der Waals surface area contributed by atoms with E-state index in [1.165, 1.54) is 31.7 Å². The molecule has 0 nitrogen and oxygen atoms in total. The average Bonchev–Trinajstić information content (AvgIpc) is 2.54. The normalized spacial score (nSPS) is 25.2. The molecule has 102 valence electrons. The van der Waals surface area contributed by atoms with Crippen LogP contribution in [0.2, 0.25) is 24.2 Å². The highest BCUT2D eigenvalue weighted by Crippen LogP contribution is 2.48. The molecule has 18 heavy (non-hydrogen) atoms. The van der Waals surface area contributed by atoms with Crippen molar-refractivity contribution in [1.29, 1.82) is 0 Å². The largest absolute Gasteiger partial charge is 0.0689 e. The van der Waals surface area contributed by atoms with E-state index in [2.05, 4.69) is 46.9 Å². The molecule has 0 heterocycles. The van der Waals surface area contributed by atoms with Gasteiger partial charge in [-0.1, -0.05) is 51.1 Å². The second-order valence-corrected chi connectivity index (χ2v) is 13.7. The van der Waals surface area contributed by atoms with Gasteiger partial charge in [-0.05, 0) is 55.2 Å². The van der Waals surface area contributed by atoms with E-state index in [1.54, 1.807) is 11.1 Å². The third-order valence-corrected chi connectivity index (χ3v) is 11.2. The van der Waals surface area contributed by atoms with Crippen LogP contribution in [0.15, 0.2) is 22.8 Å². The van der Waals surface area contributed by atoms with E-state index in [1.807, 2.05) is 5.57 Å². The van der Waals surface area contributed by atoms with Crippen LogP contribution in [0.4, 0.5) is 0 Å². The summed E-state index contributed by atoms with van der Waals surface area (Å²) in [7, 11) is -1.16. The molecule has 0 aromatic carbocycles. The van der Waals surface area contributed by atoms with Crippen LogP contribution in [0.25, 0.3) is 0 Å². The van der Waals surface area contributed by atoms with Gasteiger partial charge in [0.1, 0.15) is 0 Å². The van der Waals surface area contributed by atoms with Gasteiger partial charge < -0.3 is 0 Å². The molecule has 0 N–H and O–H groups in total. The molecule has 0 spiro atoms. The minimum Gasteiger partial charge on any atom is -0.0689 e. The van der Waals surface area contributed by atoms with Crippen LogP contribution in [0.3, 0.4) is 0 Å². The highest BCUT2D eigenvalue weighted by Gasteiger charge is 2.39. The van der Waals surface area contributed by atoms with Gasteiger partial charge in [0.05, 0.1) is 8.07 Å². The van der Waals surface area contributed by atoms with Gasteiger partial charge in [-0.15, -0.1) is 0 Å².